The van der Waals surface area contributed by atoms with Crippen LogP contribution in [0.4, 0.5) is 30.7 Å². The number of rotatable bonds is 0. The molecule has 2 rings (SSSR count). The lowest BCUT2D eigenvalue weighted by Crippen LogP contribution is -2.18. The summed E-state index contributed by atoms with van der Waals surface area (Å²) in [5, 5.41) is -2.59. The van der Waals surface area contributed by atoms with Crippen molar-refractivity contribution in [3.05, 3.63) is 46.3 Å². The van der Waals surface area contributed by atoms with Gasteiger partial charge in [-0.2, -0.15) is 0 Å². The van der Waals surface area contributed by atoms with Gasteiger partial charge in [0.1, 0.15) is 0 Å². The summed E-state index contributed by atoms with van der Waals surface area (Å²) >= 11 is 0. The Bertz CT molecular complexity index is 749. The average molecular weight is 310 g/mol. The predicted molar refractivity (Wildman–Crippen MR) is 62.4 cm³/mol. The van der Waals surface area contributed by atoms with Crippen LogP contribution in [0.15, 0.2) is 0 Å². The topological polar surface area (TPSA) is 0 Å². The highest BCUT2D eigenvalue weighted by Crippen LogP contribution is 2.39. The van der Waals surface area contributed by atoms with Gasteiger partial charge in [-0.25, -0.2) is 30.7 Å². The molecule has 0 bridgehead atoms. The largest absolute Gasteiger partial charge is 0.203 e. The van der Waals surface area contributed by atoms with Crippen molar-refractivity contribution in [3.8, 4) is 0 Å². The normalized spacial score (nSPS) is 12.3. The fourth-order valence-electron chi connectivity index (χ4n) is 2.20. The summed E-state index contributed by atoms with van der Waals surface area (Å²) in [5.41, 5.74) is -2.08. The fourth-order valence-corrected chi connectivity index (χ4v) is 2.20. The molecule has 0 aromatic heterocycles. The molecule has 0 heterocycles. The summed E-state index contributed by atoms with van der Waals surface area (Å²) in [6.45, 7) is 3.92. The van der Waals surface area contributed by atoms with Crippen LogP contribution >= 0.6 is 0 Å². The van der Waals surface area contributed by atoms with Crippen molar-refractivity contribution in [1.29, 1.82) is 0 Å². The maximum atomic E-state index is 13.9. The van der Waals surface area contributed by atoms with E-state index in [9.17, 15) is 30.7 Å². The fraction of sp³-hybridized carbons (Fsp3) is 0.286. The second-order valence-electron chi connectivity index (χ2n) is 5.57. The second kappa shape index (κ2) is 4.61. The van der Waals surface area contributed by atoms with E-state index < -0.39 is 62.5 Å². The van der Waals surface area contributed by atoms with E-state index in [4.69, 9.17) is 0 Å². The van der Waals surface area contributed by atoms with Crippen molar-refractivity contribution in [3.63, 3.8) is 0 Å². The zero-order chi connectivity index (χ0) is 16.3. The predicted octanol–water partition coefficient (Wildman–Crippen LogP) is 5.11. The molecule has 0 amide bonds. The summed E-state index contributed by atoms with van der Waals surface area (Å²) in [4.78, 5) is 0. The van der Waals surface area contributed by atoms with E-state index in [0.717, 1.165) is 0 Å². The van der Waals surface area contributed by atoms with Crippen molar-refractivity contribution in [2.45, 2.75) is 26.2 Å². The van der Waals surface area contributed by atoms with Gasteiger partial charge in [0.2, 0.25) is 0 Å². The molecule has 2 aromatic rings. The lowest BCUT2D eigenvalue weighted by Gasteiger charge is -2.23. The molecule has 0 atom stereocenters. The molecular weight excluding hydrogens is 301 g/mol. The molecule has 0 saturated carbocycles. The van der Waals surface area contributed by atoms with E-state index in [2.05, 4.69) is 0 Å². The third-order valence-corrected chi connectivity index (χ3v) is 3.09. The van der Waals surface area contributed by atoms with Gasteiger partial charge in [-0.05, 0) is 5.41 Å². The first-order chi connectivity index (χ1) is 9.50. The Kier molecular flexibility index (Phi) is 3.42. The maximum absolute atomic E-state index is 13.9. The van der Waals surface area contributed by atoms with E-state index in [1.165, 1.54) is 20.8 Å². The molecule has 21 heavy (non-hydrogen) atoms. The van der Waals surface area contributed by atoms with Crippen molar-refractivity contribution in [2.24, 2.45) is 0 Å². The quantitative estimate of drug-likeness (QED) is 0.360. The molecule has 0 spiro atoms. The molecular formula is C14H9F7. The number of hydrogen-bond acceptors (Lipinski definition) is 0. The number of fused-ring (bicyclic) bond motifs is 1. The van der Waals surface area contributed by atoms with E-state index in [1.54, 1.807) is 0 Å². The highest BCUT2D eigenvalue weighted by molar-refractivity contribution is 5.89. The van der Waals surface area contributed by atoms with Crippen LogP contribution in [0.2, 0.25) is 0 Å². The highest BCUT2D eigenvalue weighted by atomic mass is 19.2. The molecule has 0 aliphatic heterocycles. The summed E-state index contributed by atoms with van der Waals surface area (Å²) in [5.74, 6) is -14.5. The molecule has 0 unspecified atom stereocenters. The second-order valence-corrected chi connectivity index (χ2v) is 5.57. The molecule has 0 aliphatic rings. The van der Waals surface area contributed by atoms with E-state index >= 15 is 0 Å². The molecule has 7 heteroatoms. The monoisotopic (exact) mass is 310 g/mol. The SMILES string of the molecule is CC(C)(C)c1c(F)c(F)c(F)c2c(F)c(F)c(F)c(F)c12. The Morgan fingerprint density at radius 3 is 1.19 bits per heavy atom. The number of hydrogen-bond donors (Lipinski definition) is 0. The van der Waals surface area contributed by atoms with E-state index in [-0.39, 0.29) is 0 Å². The molecule has 0 fully saturated rings. The maximum Gasteiger partial charge on any atom is 0.198 e. The van der Waals surface area contributed by atoms with Crippen LogP contribution in [0.5, 0.6) is 0 Å². The van der Waals surface area contributed by atoms with Crippen LogP contribution in [-0.4, -0.2) is 0 Å². The number of benzene rings is 2. The molecule has 0 radical (unpaired) electrons. The van der Waals surface area contributed by atoms with Crippen LogP contribution in [0, 0.1) is 40.7 Å². The lowest BCUT2D eigenvalue weighted by atomic mass is 9.82. The molecule has 0 saturated heterocycles. The van der Waals surface area contributed by atoms with Crippen molar-refractivity contribution in [2.75, 3.05) is 0 Å². The number of halogens is 7. The molecule has 0 aliphatic carbocycles. The average Bonchev–Trinajstić information content (AvgIpc) is 2.38. The van der Waals surface area contributed by atoms with Crippen molar-refractivity contribution < 1.29 is 30.7 Å². The molecule has 0 N–H and O–H groups in total. The van der Waals surface area contributed by atoms with Crippen LogP contribution in [-0.2, 0) is 5.41 Å². The minimum absolute atomic E-state index is 0.772. The van der Waals surface area contributed by atoms with E-state index in [1.807, 2.05) is 0 Å². The van der Waals surface area contributed by atoms with Gasteiger partial charge in [0, 0.05) is 10.9 Å². The highest BCUT2D eigenvalue weighted by Gasteiger charge is 2.34. The standard InChI is InChI=1S/C14H9F7/c1-14(2,3)6-4-5(8(16)11(19)10(6)18)9(17)13(21)12(20)7(4)15/h1-3H3. The minimum atomic E-state index is -2.29. The van der Waals surface area contributed by atoms with E-state index in [0.29, 0.717) is 0 Å². The van der Waals surface area contributed by atoms with Crippen LogP contribution < -0.4 is 0 Å². The van der Waals surface area contributed by atoms with Gasteiger partial charge in [-0.1, -0.05) is 20.8 Å². The summed E-state index contributed by atoms with van der Waals surface area (Å²) in [7, 11) is 0. The Balaban J connectivity index is 3.26. The smallest absolute Gasteiger partial charge is 0.198 e. The Morgan fingerprint density at radius 2 is 0.810 bits per heavy atom. The van der Waals surface area contributed by atoms with Gasteiger partial charge in [0.05, 0.1) is 5.39 Å². The van der Waals surface area contributed by atoms with Crippen LogP contribution in [0.25, 0.3) is 10.8 Å². The zero-order valence-corrected chi connectivity index (χ0v) is 11.1. The lowest BCUT2D eigenvalue weighted by molar-refractivity contribution is 0.403. The minimum Gasteiger partial charge on any atom is -0.203 e. The van der Waals surface area contributed by atoms with Gasteiger partial charge in [0.15, 0.2) is 40.7 Å². The van der Waals surface area contributed by atoms with Crippen molar-refractivity contribution >= 4 is 10.8 Å². The van der Waals surface area contributed by atoms with Gasteiger partial charge < -0.3 is 0 Å². The van der Waals surface area contributed by atoms with Crippen LogP contribution in [0.1, 0.15) is 26.3 Å². The molecule has 2 aromatic carbocycles. The first-order valence-corrected chi connectivity index (χ1v) is 5.82. The third kappa shape index (κ3) is 2.06. The summed E-state index contributed by atoms with van der Waals surface area (Å²) < 4.78 is 95.2. The molecule has 114 valence electrons. The Hall–Kier alpha value is -1.79. The third-order valence-electron chi connectivity index (χ3n) is 3.09. The first-order valence-electron chi connectivity index (χ1n) is 5.82. The summed E-state index contributed by atoms with van der Waals surface area (Å²) in [6.07, 6.45) is 0. The zero-order valence-electron chi connectivity index (χ0n) is 11.1. The van der Waals surface area contributed by atoms with Gasteiger partial charge >= 0.3 is 0 Å². The van der Waals surface area contributed by atoms with Gasteiger partial charge in [-0.3, -0.25) is 0 Å². The van der Waals surface area contributed by atoms with Crippen LogP contribution in [0.3, 0.4) is 0 Å². The molecule has 0 nitrogen and oxygen atoms in total. The van der Waals surface area contributed by atoms with Crippen molar-refractivity contribution in [1.82, 2.24) is 0 Å². The first kappa shape index (κ1) is 15.6. The van der Waals surface area contributed by atoms with Gasteiger partial charge in [0.25, 0.3) is 0 Å². The summed E-state index contributed by atoms with van der Waals surface area (Å²) in [6, 6.07) is 0. The Labute approximate surface area is 115 Å². The Morgan fingerprint density at radius 1 is 0.476 bits per heavy atom. The van der Waals surface area contributed by atoms with Gasteiger partial charge in [-0.15, -0.1) is 0 Å².